The lowest BCUT2D eigenvalue weighted by molar-refractivity contribution is 0.299. The van der Waals surface area contributed by atoms with Gasteiger partial charge in [0.1, 0.15) is 36.1 Å². The molecule has 3 aliphatic rings. The Bertz CT molecular complexity index is 6640. The first-order valence-corrected chi connectivity index (χ1v) is 58.1. The Morgan fingerprint density at radius 2 is 0.566 bits per heavy atom. The van der Waals surface area contributed by atoms with E-state index in [1.54, 1.807) is 0 Å². The van der Waals surface area contributed by atoms with Gasteiger partial charge >= 0.3 is 10.1 Å². The Balaban J connectivity index is 0.000000139. The van der Waals surface area contributed by atoms with Gasteiger partial charge in [0.2, 0.25) is 0 Å². The highest BCUT2D eigenvalue weighted by atomic mass is 32.2. The van der Waals surface area contributed by atoms with E-state index in [-0.39, 0.29) is 94.8 Å². The SMILES string of the molecule is CC(C)c1cc(C(C)C)c(S(=O)(=O)[O-])c(C(C)C)c1.CC(C)c1cc(C(C)C)c(S(=O)(=O)[O-])c(C(C)C)c1.Cc1cc(-[s+]2c3ccccc3c3ccccc32)cc(C)c1OS(C)(=O)=O.O=S(=O)([O-])c1c(C2CCCCC2)cc(C2CCCCC2)cc1C1CCCCC1.OCCc1ccc(-[s+]2c3ccccc3c3ccccc32)cc1.OCCc1ccc(-[s+]2c3ccccc3c3ccccc32)cc1. The second-order valence-electron chi connectivity index (χ2n) is 38.7. The first-order chi connectivity index (χ1) is 64.8. The lowest BCUT2D eigenvalue weighted by Gasteiger charge is -2.33. The molecule has 14 nitrogen and oxygen atoms in total. The summed E-state index contributed by atoms with van der Waals surface area (Å²) in [6, 6.07) is 85.2. The minimum Gasteiger partial charge on any atom is -0.744 e. The van der Waals surface area contributed by atoms with Crippen LogP contribution in [0.25, 0.3) is 75.2 Å². The Hall–Kier alpha value is -9.30. The maximum atomic E-state index is 12.5. The lowest BCUT2D eigenvalue weighted by atomic mass is 9.76. The molecule has 0 atom stereocenters. The molecule has 18 rings (SSSR count). The minimum atomic E-state index is -4.46. The molecule has 0 unspecified atom stereocenters. The molecule has 0 amide bonds. The van der Waals surface area contributed by atoms with Crippen molar-refractivity contribution < 1.29 is 61.7 Å². The summed E-state index contributed by atoms with van der Waals surface area (Å²) in [5.74, 6) is 2.12. The van der Waals surface area contributed by atoms with E-state index >= 15 is 0 Å². The first kappa shape index (κ1) is 104. The number of aliphatic hydroxyl groups is 2. The minimum absolute atomic E-state index is 0.00919. The fourth-order valence-corrected chi connectivity index (χ4v) is 31.2. The summed E-state index contributed by atoms with van der Waals surface area (Å²) in [5.41, 5.74) is 11.9. The fourth-order valence-electron chi connectivity index (χ4n) is 19.9. The van der Waals surface area contributed by atoms with E-state index in [1.165, 1.54) is 137 Å². The van der Waals surface area contributed by atoms with Crippen molar-refractivity contribution in [2.24, 2.45) is 0 Å². The average molecular weight is 1960 g/mol. The molecule has 3 heterocycles. The third-order valence-corrected chi connectivity index (χ3v) is 37.1. The van der Waals surface area contributed by atoms with Crippen molar-refractivity contribution in [3.05, 3.63) is 315 Å². The monoisotopic (exact) mass is 1960 g/mol. The predicted octanol–water partition coefficient (Wildman–Crippen LogP) is 30.9. The van der Waals surface area contributed by atoms with Crippen molar-refractivity contribution in [1.82, 2.24) is 0 Å². The first-order valence-electron chi connectivity index (χ1n) is 48.4. The van der Waals surface area contributed by atoms with Crippen molar-refractivity contribution in [2.45, 2.75) is 274 Å². The van der Waals surface area contributed by atoms with Crippen LogP contribution in [0.15, 0.2) is 257 Å². The van der Waals surface area contributed by atoms with Gasteiger partial charge in [0, 0.05) is 89.1 Å². The van der Waals surface area contributed by atoms with Gasteiger partial charge in [-0.15, -0.1) is 0 Å². The van der Waals surface area contributed by atoms with E-state index in [9.17, 15) is 47.3 Å². The Morgan fingerprint density at radius 3 is 0.801 bits per heavy atom. The van der Waals surface area contributed by atoms with Crippen LogP contribution in [0.1, 0.15) is 305 Å². The van der Waals surface area contributed by atoms with Crippen molar-refractivity contribution in [3.8, 4) is 20.4 Å². The van der Waals surface area contributed by atoms with Crippen molar-refractivity contribution in [3.63, 3.8) is 0 Å². The highest BCUT2D eigenvalue weighted by Crippen LogP contribution is 2.54. The number of benzene rings is 12. The van der Waals surface area contributed by atoms with Gasteiger partial charge in [0.15, 0.2) is 42.9 Å². The van der Waals surface area contributed by atoms with Crippen LogP contribution in [0.2, 0.25) is 0 Å². The summed E-state index contributed by atoms with van der Waals surface area (Å²) in [6.07, 6.45) is 19.9. The van der Waals surface area contributed by atoms with Gasteiger partial charge in [-0.2, -0.15) is 8.42 Å². The van der Waals surface area contributed by atoms with Crippen LogP contribution in [0, 0.1) is 13.8 Å². The van der Waals surface area contributed by atoms with Crippen molar-refractivity contribution in [2.75, 3.05) is 19.5 Å². The Kier molecular flexibility index (Phi) is 35.0. The molecule has 3 aliphatic carbocycles. The summed E-state index contributed by atoms with van der Waals surface area (Å²) in [7, 11) is -17.1. The molecule has 0 radical (unpaired) electrons. The predicted molar refractivity (Wildman–Crippen MR) is 568 cm³/mol. The number of fused-ring (bicyclic) bond motifs is 9. The van der Waals surface area contributed by atoms with E-state index in [0.29, 0.717) is 45.8 Å². The van der Waals surface area contributed by atoms with Gasteiger partial charge in [-0.25, -0.2) is 25.3 Å². The van der Waals surface area contributed by atoms with Crippen LogP contribution < -0.4 is 4.18 Å². The molecular formula is C115H134O14S7. The zero-order valence-corrected chi connectivity index (χ0v) is 87.1. The largest absolute Gasteiger partial charge is 0.744 e. The molecule has 720 valence electrons. The van der Waals surface area contributed by atoms with E-state index in [0.717, 1.165) is 104 Å². The number of aliphatic hydroxyl groups excluding tert-OH is 2. The topological polar surface area (TPSA) is 255 Å². The van der Waals surface area contributed by atoms with E-state index in [1.807, 2.05) is 93.5 Å². The normalized spacial score (nSPS) is 14.4. The maximum Gasteiger partial charge on any atom is 0.306 e. The molecule has 0 aliphatic heterocycles. The van der Waals surface area contributed by atoms with E-state index in [4.69, 9.17) is 14.4 Å². The van der Waals surface area contributed by atoms with Crippen LogP contribution >= 0.6 is 31.4 Å². The standard InChI is InChI=1S/C24H36O3S.C21H19O3S2.2C20H17OS.2C15H24O3S/c25-28(26,27)24-22(19-12-6-2-7-13-19)16-21(18-10-4-1-5-11-18)17-23(24)20-14-8-3-9-15-20;1-14-12-16(13-15(2)21(14)24-26(3,22)23)25-19-10-6-4-8-17(19)18-9-5-7-11-20(18)25;2*21-14-13-15-9-11-16(12-10-15)22-19-7-3-1-5-17(19)18-6-2-4-8-20(18)22;2*1-9(2)12-7-13(10(3)4)15(19(16,17)18)14(8-12)11(5)6/h16-20H,1-15H2,(H,25,26,27);4-13H,1-3H3;2*1-12,21H,13-14H2;2*7-11H,1-6H3,(H,16,17,18)/q;3*+1;;/p-3. The average Bonchev–Trinajstić information content (AvgIpc) is 1.44. The van der Waals surface area contributed by atoms with Gasteiger partial charge in [-0.05, 0) is 288 Å². The summed E-state index contributed by atoms with van der Waals surface area (Å²) in [4.78, 5) is 4.03. The third-order valence-electron chi connectivity index (χ3n) is 26.8. The summed E-state index contributed by atoms with van der Waals surface area (Å²) in [6.45, 7) is 27.8. The van der Waals surface area contributed by atoms with Crippen molar-refractivity contribution >= 4 is 132 Å². The molecule has 12 aromatic carbocycles. The molecule has 3 saturated carbocycles. The molecule has 3 fully saturated rings. The molecule has 3 aromatic heterocycles. The van der Waals surface area contributed by atoms with Crippen molar-refractivity contribution in [1.29, 1.82) is 0 Å². The second-order valence-corrected chi connectivity index (χ2v) is 50.1. The van der Waals surface area contributed by atoms with Crippen LogP contribution in [0.4, 0.5) is 0 Å². The van der Waals surface area contributed by atoms with E-state index < -0.39 is 40.5 Å². The number of aryl methyl sites for hydroxylation is 2. The summed E-state index contributed by atoms with van der Waals surface area (Å²) >= 11 is 0. The molecule has 0 saturated heterocycles. The number of hydrogen-bond acceptors (Lipinski definition) is 14. The third kappa shape index (κ3) is 24.7. The smallest absolute Gasteiger partial charge is 0.306 e. The lowest BCUT2D eigenvalue weighted by Crippen LogP contribution is -2.18. The molecular weight excluding hydrogens is 1830 g/mol. The molecule has 21 heteroatoms. The van der Waals surface area contributed by atoms with E-state index in [2.05, 4.69) is 246 Å². The number of thiophene rings is 3. The molecule has 0 spiro atoms. The van der Waals surface area contributed by atoms with Crippen LogP contribution in [-0.4, -0.2) is 77.0 Å². The summed E-state index contributed by atoms with van der Waals surface area (Å²) in [5, 5.41) is 26.1. The Labute approximate surface area is 816 Å². The quantitative estimate of drug-likeness (QED) is 0.0385. The van der Waals surface area contributed by atoms with Gasteiger partial charge in [-0.1, -0.05) is 274 Å². The highest BCUT2D eigenvalue weighted by Gasteiger charge is 2.34. The summed E-state index contributed by atoms with van der Waals surface area (Å²) < 4.78 is 144. The fraction of sp³-hybridized carbons (Fsp3) is 0.374. The van der Waals surface area contributed by atoms with Gasteiger partial charge in [0.25, 0.3) is 0 Å². The van der Waals surface area contributed by atoms with Crippen LogP contribution in [0.3, 0.4) is 0 Å². The zero-order valence-electron chi connectivity index (χ0n) is 81.4. The molecule has 136 heavy (non-hydrogen) atoms. The van der Waals surface area contributed by atoms with Gasteiger partial charge in [-0.3, -0.25) is 0 Å². The highest BCUT2D eigenvalue weighted by molar-refractivity contribution is 7.86. The van der Waals surface area contributed by atoms with Crippen LogP contribution in [0.5, 0.6) is 5.75 Å². The number of hydrogen-bond donors (Lipinski definition) is 2. The number of rotatable bonds is 21. The molecule has 0 bridgehead atoms. The van der Waals surface area contributed by atoms with Gasteiger partial charge in [0.05, 0.1) is 20.9 Å². The molecule has 2 N–H and O–H groups in total. The van der Waals surface area contributed by atoms with Crippen LogP contribution in [-0.2, 0) is 53.3 Å². The Morgan fingerprint density at radius 1 is 0.316 bits per heavy atom. The van der Waals surface area contributed by atoms with Gasteiger partial charge < -0.3 is 28.1 Å². The second kappa shape index (κ2) is 45.7. The molecule has 15 aromatic rings. The maximum absolute atomic E-state index is 12.5. The zero-order chi connectivity index (χ0) is 97.8.